The predicted molar refractivity (Wildman–Crippen MR) is 83.6 cm³/mol. The smallest absolute Gasteiger partial charge is 0.324 e. The van der Waals surface area contributed by atoms with Crippen LogP contribution in [0.25, 0.3) is 0 Å². The Bertz CT molecular complexity index is 764. The van der Waals surface area contributed by atoms with Crippen molar-refractivity contribution in [1.82, 2.24) is 14.5 Å². The molecule has 3 rings (SSSR count). The molecule has 0 radical (unpaired) electrons. The summed E-state index contributed by atoms with van der Waals surface area (Å²) < 4.78 is 26.9. The van der Waals surface area contributed by atoms with Gasteiger partial charge in [0.2, 0.25) is 15.9 Å². The van der Waals surface area contributed by atoms with E-state index in [1.54, 1.807) is 19.1 Å². The van der Waals surface area contributed by atoms with E-state index in [9.17, 15) is 18.0 Å². The number of urea groups is 1. The summed E-state index contributed by atoms with van der Waals surface area (Å²) in [5.41, 5.74) is 0.493. The first-order valence-electron chi connectivity index (χ1n) is 7.17. The van der Waals surface area contributed by atoms with E-state index in [4.69, 9.17) is 11.6 Å². The number of hydrogen-bond donors (Lipinski definition) is 1. The van der Waals surface area contributed by atoms with Gasteiger partial charge >= 0.3 is 6.03 Å². The molecule has 0 aliphatic carbocycles. The lowest BCUT2D eigenvalue weighted by Gasteiger charge is -2.22. The second-order valence-corrected chi connectivity index (χ2v) is 7.90. The van der Waals surface area contributed by atoms with E-state index in [2.05, 4.69) is 5.32 Å². The fraction of sp³-hybridized carbons (Fsp3) is 0.429. The fourth-order valence-electron chi connectivity index (χ4n) is 2.95. The molecule has 1 unspecified atom stereocenters. The highest BCUT2D eigenvalue weighted by atomic mass is 35.5. The molecule has 2 heterocycles. The van der Waals surface area contributed by atoms with E-state index in [1.165, 1.54) is 10.4 Å². The Morgan fingerprint density at radius 2 is 2.04 bits per heavy atom. The molecular weight excluding hydrogens is 342 g/mol. The molecule has 0 bridgehead atoms. The van der Waals surface area contributed by atoms with Gasteiger partial charge in [0.05, 0.1) is 17.5 Å². The van der Waals surface area contributed by atoms with Crippen LogP contribution in [0.5, 0.6) is 0 Å². The Balaban J connectivity index is 1.84. The number of rotatable bonds is 3. The van der Waals surface area contributed by atoms with Crippen molar-refractivity contribution >= 4 is 33.6 Å². The molecule has 9 heteroatoms. The van der Waals surface area contributed by atoms with Crippen LogP contribution in [0, 0.1) is 6.92 Å². The summed E-state index contributed by atoms with van der Waals surface area (Å²) in [7, 11) is -3.71. The van der Waals surface area contributed by atoms with Crippen LogP contribution < -0.4 is 5.32 Å². The number of carbonyl (C=O) groups is 2. The molecule has 0 saturated carbocycles. The molecule has 7 nitrogen and oxygen atoms in total. The molecule has 2 aliphatic heterocycles. The van der Waals surface area contributed by atoms with E-state index in [0.717, 1.165) is 4.90 Å². The van der Waals surface area contributed by atoms with Gasteiger partial charge in [-0.1, -0.05) is 17.7 Å². The molecule has 3 amide bonds. The summed E-state index contributed by atoms with van der Waals surface area (Å²) in [5, 5.41) is 2.84. The Morgan fingerprint density at radius 3 is 2.70 bits per heavy atom. The molecule has 1 N–H and O–H groups in total. The van der Waals surface area contributed by atoms with Crippen LogP contribution in [0.1, 0.15) is 12.0 Å². The fourth-order valence-corrected chi connectivity index (χ4v) is 4.92. The SMILES string of the molecule is Cc1c(Cl)cccc1S(=O)(=O)N1CCC(N2C(=O)CNC2=O)C1. The summed E-state index contributed by atoms with van der Waals surface area (Å²) in [6, 6.07) is 3.85. The maximum atomic E-state index is 12.8. The van der Waals surface area contributed by atoms with Crippen molar-refractivity contribution in [1.29, 1.82) is 0 Å². The monoisotopic (exact) mass is 357 g/mol. The van der Waals surface area contributed by atoms with Crippen molar-refractivity contribution in [3.63, 3.8) is 0 Å². The number of nitrogens with one attached hydrogen (secondary N) is 1. The van der Waals surface area contributed by atoms with E-state index in [1.807, 2.05) is 0 Å². The number of amides is 3. The van der Waals surface area contributed by atoms with E-state index < -0.39 is 22.1 Å². The van der Waals surface area contributed by atoms with Crippen LogP contribution in [0.4, 0.5) is 4.79 Å². The standard InChI is InChI=1S/C14H16ClN3O4S/c1-9-11(15)3-2-4-12(9)23(21,22)17-6-5-10(8-17)18-13(19)7-16-14(18)20/h2-4,10H,5-8H2,1H3,(H,16,20). The minimum absolute atomic E-state index is 0.0323. The number of imide groups is 1. The summed E-state index contributed by atoms with van der Waals surface area (Å²) in [5.74, 6) is -0.321. The Hall–Kier alpha value is -1.64. The summed E-state index contributed by atoms with van der Waals surface area (Å²) >= 11 is 6.01. The van der Waals surface area contributed by atoms with Crippen LogP contribution in [0.2, 0.25) is 5.02 Å². The molecule has 2 fully saturated rings. The van der Waals surface area contributed by atoms with Crippen LogP contribution in [0.15, 0.2) is 23.1 Å². The molecule has 2 saturated heterocycles. The maximum absolute atomic E-state index is 12.8. The van der Waals surface area contributed by atoms with Gasteiger partial charge in [0.25, 0.3) is 0 Å². The highest BCUT2D eigenvalue weighted by Crippen LogP contribution is 2.29. The van der Waals surface area contributed by atoms with Crippen molar-refractivity contribution in [3.05, 3.63) is 28.8 Å². The third-order valence-electron chi connectivity index (χ3n) is 4.21. The quantitative estimate of drug-likeness (QED) is 0.816. The predicted octanol–water partition coefficient (Wildman–Crippen LogP) is 0.963. The summed E-state index contributed by atoms with van der Waals surface area (Å²) in [4.78, 5) is 24.7. The molecule has 2 aliphatic rings. The summed E-state index contributed by atoms with van der Waals surface area (Å²) in [6.45, 7) is 1.99. The number of carbonyl (C=O) groups excluding carboxylic acids is 2. The van der Waals surface area contributed by atoms with E-state index in [0.29, 0.717) is 17.0 Å². The van der Waals surface area contributed by atoms with Gasteiger partial charge in [-0.25, -0.2) is 13.2 Å². The van der Waals surface area contributed by atoms with Crippen molar-refractivity contribution < 1.29 is 18.0 Å². The first-order valence-corrected chi connectivity index (χ1v) is 8.99. The van der Waals surface area contributed by atoms with Gasteiger partial charge in [-0.3, -0.25) is 9.69 Å². The van der Waals surface area contributed by atoms with Crippen molar-refractivity contribution in [3.8, 4) is 0 Å². The zero-order valence-electron chi connectivity index (χ0n) is 12.5. The van der Waals surface area contributed by atoms with Gasteiger partial charge in [0, 0.05) is 18.1 Å². The maximum Gasteiger partial charge on any atom is 0.324 e. The van der Waals surface area contributed by atoms with Gasteiger partial charge in [0.1, 0.15) is 0 Å². The number of hydrogen-bond acceptors (Lipinski definition) is 4. The van der Waals surface area contributed by atoms with E-state index >= 15 is 0 Å². The van der Waals surface area contributed by atoms with Gasteiger partial charge < -0.3 is 5.32 Å². The van der Waals surface area contributed by atoms with Gasteiger partial charge in [0.15, 0.2) is 0 Å². The molecule has 23 heavy (non-hydrogen) atoms. The lowest BCUT2D eigenvalue weighted by Crippen LogP contribution is -2.42. The van der Waals surface area contributed by atoms with Crippen LogP contribution in [-0.2, 0) is 14.8 Å². The molecule has 0 spiro atoms. The Labute approximate surface area is 139 Å². The second kappa shape index (κ2) is 5.77. The largest absolute Gasteiger partial charge is 0.329 e. The van der Waals surface area contributed by atoms with Gasteiger partial charge in [-0.2, -0.15) is 4.31 Å². The molecule has 1 aromatic rings. The van der Waals surface area contributed by atoms with E-state index in [-0.39, 0.29) is 30.4 Å². The Morgan fingerprint density at radius 1 is 1.30 bits per heavy atom. The average molecular weight is 358 g/mol. The highest BCUT2D eigenvalue weighted by molar-refractivity contribution is 7.89. The Kier molecular flexibility index (Phi) is 4.07. The minimum Gasteiger partial charge on any atom is -0.329 e. The number of nitrogens with zero attached hydrogens (tertiary/aromatic N) is 2. The molecule has 1 aromatic carbocycles. The topological polar surface area (TPSA) is 86.8 Å². The molecule has 1 atom stereocenters. The molecular formula is C14H16ClN3O4S. The number of benzene rings is 1. The van der Waals surface area contributed by atoms with Crippen molar-refractivity contribution in [2.75, 3.05) is 19.6 Å². The first kappa shape index (κ1) is 16.2. The van der Waals surface area contributed by atoms with Crippen LogP contribution in [0.3, 0.4) is 0 Å². The minimum atomic E-state index is -3.71. The van der Waals surface area contributed by atoms with Crippen molar-refractivity contribution in [2.45, 2.75) is 24.3 Å². The zero-order chi connectivity index (χ0) is 16.8. The van der Waals surface area contributed by atoms with Gasteiger partial charge in [-0.15, -0.1) is 0 Å². The van der Waals surface area contributed by atoms with Crippen molar-refractivity contribution in [2.24, 2.45) is 0 Å². The van der Waals surface area contributed by atoms with Crippen LogP contribution >= 0.6 is 11.6 Å². The average Bonchev–Trinajstić information content (AvgIpc) is 3.09. The number of halogens is 1. The zero-order valence-corrected chi connectivity index (χ0v) is 14.0. The lowest BCUT2D eigenvalue weighted by atomic mass is 10.2. The molecule has 124 valence electrons. The molecule has 0 aromatic heterocycles. The first-order chi connectivity index (χ1) is 10.8. The lowest BCUT2D eigenvalue weighted by molar-refractivity contribution is -0.126. The third kappa shape index (κ3) is 2.71. The third-order valence-corrected chi connectivity index (χ3v) is 6.62. The number of sulfonamides is 1. The second-order valence-electron chi connectivity index (χ2n) is 5.59. The normalized spacial score (nSPS) is 22.7. The van der Waals surface area contributed by atoms with Gasteiger partial charge in [-0.05, 0) is 31.0 Å². The highest BCUT2D eigenvalue weighted by Gasteiger charge is 2.42. The van der Waals surface area contributed by atoms with Crippen LogP contribution in [-0.4, -0.2) is 55.2 Å². The summed E-state index contributed by atoms with van der Waals surface area (Å²) in [6.07, 6.45) is 0.429.